The van der Waals surface area contributed by atoms with Crippen molar-refractivity contribution in [3.8, 4) is 0 Å². The summed E-state index contributed by atoms with van der Waals surface area (Å²) in [6.07, 6.45) is 1.43. The molecule has 1 N–H and O–H groups in total. The molecule has 3 atom stereocenters. The Morgan fingerprint density at radius 2 is 2.31 bits per heavy atom. The zero-order valence-corrected chi connectivity index (χ0v) is 8.30. The molecule has 0 saturated carbocycles. The van der Waals surface area contributed by atoms with Gasteiger partial charge in [-0.15, -0.1) is 0 Å². The van der Waals surface area contributed by atoms with Crippen LogP contribution < -0.4 is 5.32 Å². The van der Waals surface area contributed by atoms with Crippen molar-refractivity contribution in [3.05, 3.63) is 0 Å². The number of hydrogen-bond acceptors (Lipinski definition) is 2. The molecule has 2 nitrogen and oxygen atoms in total. The second kappa shape index (κ2) is 3.93. The molecule has 0 aromatic rings. The topological polar surface area (TPSA) is 15.3 Å². The van der Waals surface area contributed by atoms with Gasteiger partial charge in [0.1, 0.15) is 6.17 Å². The Labute approximate surface area is 79.5 Å². The third-order valence-corrected chi connectivity index (χ3v) is 3.52. The zero-order chi connectivity index (χ0) is 9.26. The lowest BCUT2D eigenvalue weighted by Crippen LogP contribution is -2.38. The lowest BCUT2D eigenvalue weighted by molar-refractivity contribution is 0.184. The van der Waals surface area contributed by atoms with Crippen LogP contribution in [0.2, 0.25) is 0 Å². The molecule has 13 heavy (non-hydrogen) atoms. The van der Waals surface area contributed by atoms with Gasteiger partial charge in [-0.25, -0.2) is 4.39 Å². The van der Waals surface area contributed by atoms with Gasteiger partial charge < -0.3 is 5.32 Å². The monoisotopic (exact) mass is 186 g/mol. The molecule has 2 heterocycles. The SMILES string of the molecule is CC(C1CCNC1)N1CCC(F)C1. The number of hydrogen-bond donors (Lipinski definition) is 1. The summed E-state index contributed by atoms with van der Waals surface area (Å²) in [5, 5.41) is 3.37. The van der Waals surface area contributed by atoms with Gasteiger partial charge in [0.05, 0.1) is 0 Å². The minimum absolute atomic E-state index is 0.566. The Morgan fingerprint density at radius 1 is 1.46 bits per heavy atom. The van der Waals surface area contributed by atoms with Crippen molar-refractivity contribution in [2.75, 3.05) is 26.2 Å². The number of alkyl halides is 1. The number of halogens is 1. The number of nitrogens with one attached hydrogen (secondary N) is 1. The predicted molar refractivity (Wildman–Crippen MR) is 51.5 cm³/mol. The molecule has 0 aromatic heterocycles. The molecule has 2 saturated heterocycles. The van der Waals surface area contributed by atoms with E-state index in [1.165, 1.54) is 6.42 Å². The molecule has 0 bridgehead atoms. The highest BCUT2D eigenvalue weighted by Crippen LogP contribution is 2.22. The molecule has 2 fully saturated rings. The van der Waals surface area contributed by atoms with Crippen molar-refractivity contribution >= 4 is 0 Å². The Bertz CT molecular complexity index is 168. The zero-order valence-electron chi connectivity index (χ0n) is 8.30. The second-order valence-corrected chi connectivity index (χ2v) is 4.37. The highest BCUT2D eigenvalue weighted by atomic mass is 19.1. The summed E-state index contributed by atoms with van der Waals surface area (Å²) < 4.78 is 13.0. The van der Waals surface area contributed by atoms with Crippen molar-refractivity contribution in [1.29, 1.82) is 0 Å². The molecular weight excluding hydrogens is 167 g/mol. The Hall–Kier alpha value is -0.150. The maximum Gasteiger partial charge on any atom is 0.114 e. The first-order valence-electron chi connectivity index (χ1n) is 5.36. The molecule has 3 heteroatoms. The van der Waals surface area contributed by atoms with E-state index in [0.717, 1.165) is 32.0 Å². The maximum absolute atomic E-state index is 13.0. The lowest BCUT2D eigenvalue weighted by atomic mass is 9.99. The molecule has 0 radical (unpaired) electrons. The summed E-state index contributed by atoms with van der Waals surface area (Å²) in [6.45, 7) is 6.13. The van der Waals surface area contributed by atoms with Crippen molar-refractivity contribution in [3.63, 3.8) is 0 Å². The van der Waals surface area contributed by atoms with Crippen molar-refractivity contribution in [1.82, 2.24) is 10.2 Å². The minimum atomic E-state index is -0.572. The van der Waals surface area contributed by atoms with Gasteiger partial charge in [0.15, 0.2) is 0 Å². The summed E-state index contributed by atoms with van der Waals surface area (Å²) in [7, 11) is 0. The third kappa shape index (κ3) is 2.02. The predicted octanol–water partition coefficient (Wildman–Crippen LogP) is 1.03. The van der Waals surface area contributed by atoms with Crippen LogP contribution >= 0.6 is 0 Å². The molecule has 3 unspecified atom stereocenters. The fourth-order valence-corrected chi connectivity index (χ4v) is 2.50. The third-order valence-electron chi connectivity index (χ3n) is 3.52. The van der Waals surface area contributed by atoms with E-state index in [4.69, 9.17) is 0 Å². The Balaban J connectivity index is 1.85. The number of rotatable bonds is 2. The smallest absolute Gasteiger partial charge is 0.114 e. The van der Waals surface area contributed by atoms with Crippen LogP contribution in [0.15, 0.2) is 0 Å². The van der Waals surface area contributed by atoms with Gasteiger partial charge in [0.2, 0.25) is 0 Å². The summed E-state index contributed by atoms with van der Waals surface area (Å²) >= 11 is 0. The molecule has 2 rings (SSSR count). The van der Waals surface area contributed by atoms with Gasteiger partial charge in [0.25, 0.3) is 0 Å². The van der Waals surface area contributed by atoms with E-state index in [-0.39, 0.29) is 0 Å². The van der Waals surface area contributed by atoms with Crippen LogP contribution in [-0.2, 0) is 0 Å². The van der Waals surface area contributed by atoms with E-state index >= 15 is 0 Å². The van der Waals surface area contributed by atoms with Crippen LogP contribution in [0.5, 0.6) is 0 Å². The van der Waals surface area contributed by atoms with E-state index in [1.807, 2.05) is 0 Å². The average molecular weight is 186 g/mol. The summed E-state index contributed by atoms with van der Waals surface area (Å²) in [4.78, 5) is 2.31. The fraction of sp³-hybridized carbons (Fsp3) is 1.00. The van der Waals surface area contributed by atoms with Crippen LogP contribution in [-0.4, -0.2) is 43.3 Å². The van der Waals surface area contributed by atoms with Gasteiger partial charge in [-0.3, -0.25) is 4.90 Å². The first kappa shape index (κ1) is 9.41. The Morgan fingerprint density at radius 3 is 2.85 bits per heavy atom. The number of nitrogens with zero attached hydrogens (tertiary/aromatic N) is 1. The Kier molecular flexibility index (Phi) is 2.84. The van der Waals surface area contributed by atoms with E-state index in [0.29, 0.717) is 12.6 Å². The highest BCUT2D eigenvalue weighted by Gasteiger charge is 2.31. The van der Waals surface area contributed by atoms with Crippen LogP contribution in [0.3, 0.4) is 0 Å². The number of likely N-dealkylation sites (tertiary alicyclic amines) is 1. The molecule has 0 amide bonds. The van der Waals surface area contributed by atoms with Crippen LogP contribution in [0.4, 0.5) is 4.39 Å². The second-order valence-electron chi connectivity index (χ2n) is 4.37. The van der Waals surface area contributed by atoms with Gasteiger partial charge >= 0.3 is 0 Å². The molecule has 0 spiro atoms. The van der Waals surface area contributed by atoms with Gasteiger partial charge in [-0.1, -0.05) is 0 Å². The molecule has 2 aliphatic rings. The summed E-state index contributed by atoms with van der Waals surface area (Å²) in [6, 6.07) is 0.566. The van der Waals surface area contributed by atoms with E-state index in [9.17, 15) is 4.39 Å². The van der Waals surface area contributed by atoms with Crippen LogP contribution in [0.25, 0.3) is 0 Å². The first-order chi connectivity index (χ1) is 6.27. The van der Waals surface area contributed by atoms with Gasteiger partial charge in [-0.05, 0) is 38.8 Å². The molecular formula is C10H19FN2. The molecule has 2 aliphatic heterocycles. The van der Waals surface area contributed by atoms with E-state index in [1.54, 1.807) is 0 Å². The molecule has 76 valence electrons. The normalized spacial score (nSPS) is 38.3. The van der Waals surface area contributed by atoms with Crippen molar-refractivity contribution in [2.24, 2.45) is 5.92 Å². The van der Waals surface area contributed by atoms with E-state index in [2.05, 4.69) is 17.1 Å². The maximum atomic E-state index is 13.0. The standard InChI is InChI=1S/C10H19FN2/c1-8(9-2-4-12-6-9)13-5-3-10(11)7-13/h8-10,12H,2-7H2,1H3. The minimum Gasteiger partial charge on any atom is -0.316 e. The van der Waals surface area contributed by atoms with Crippen molar-refractivity contribution in [2.45, 2.75) is 32.0 Å². The summed E-state index contributed by atoms with van der Waals surface area (Å²) in [5.41, 5.74) is 0. The highest BCUT2D eigenvalue weighted by molar-refractivity contribution is 4.86. The first-order valence-corrected chi connectivity index (χ1v) is 5.36. The quantitative estimate of drug-likeness (QED) is 0.693. The largest absolute Gasteiger partial charge is 0.316 e. The molecule has 0 aliphatic carbocycles. The average Bonchev–Trinajstić information content (AvgIpc) is 2.72. The van der Waals surface area contributed by atoms with E-state index < -0.39 is 6.17 Å². The van der Waals surface area contributed by atoms with Crippen LogP contribution in [0.1, 0.15) is 19.8 Å². The fourth-order valence-electron chi connectivity index (χ4n) is 2.50. The van der Waals surface area contributed by atoms with Crippen molar-refractivity contribution < 1.29 is 4.39 Å². The van der Waals surface area contributed by atoms with Crippen LogP contribution in [0, 0.1) is 5.92 Å². The molecule has 0 aromatic carbocycles. The van der Waals surface area contributed by atoms with Gasteiger partial charge in [0, 0.05) is 19.1 Å². The summed E-state index contributed by atoms with van der Waals surface area (Å²) in [5.74, 6) is 0.741. The van der Waals surface area contributed by atoms with Gasteiger partial charge in [-0.2, -0.15) is 0 Å². The lowest BCUT2D eigenvalue weighted by Gasteiger charge is -2.28.